The molecule has 6 heterocycles. The van der Waals surface area contributed by atoms with E-state index in [0.717, 1.165) is 35.5 Å². The van der Waals surface area contributed by atoms with Gasteiger partial charge in [-0.05, 0) is 80.0 Å². The van der Waals surface area contributed by atoms with Crippen molar-refractivity contribution in [3.63, 3.8) is 0 Å². The molecule has 8 N–H and O–H groups in total. The van der Waals surface area contributed by atoms with E-state index < -0.39 is 0 Å². The molecule has 5 aliphatic heterocycles. The van der Waals surface area contributed by atoms with Crippen LogP contribution in [0.4, 0.5) is 0 Å². The van der Waals surface area contributed by atoms with Gasteiger partial charge < -0.3 is 6.42 Å². The summed E-state index contributed by atoms with van der Waals surface area (Å²) >= 11 is 1.66. The monoisotopic (exact) mass is 747 g/mol. The second-order valence-corrected chi connectivity index (χ2v) is 18.2. The smallest absolute Gasteiger partial charge is 0.322 e. The van der Waals surface area contributed by atoms with Gasteiger partial charge in [0.25, 0.3) is 0 Å². The number of hydrogen-bond acceptors (Lipinski definition) is 9. The molecular weight excluding hydrogens is 688 g/mol. The van der Waals surface area contributed by atoms with E-state index in [9.17, 15) is 0 Å². The van der Waals surface area contributed by atoms with E-state index in [2.05, 4.69) is 66.5 Å². The second-order valence-electron chi connectivity index (χ2n) is 17.3. The maximum Gasteiger partial charge on any atom is 2.00 e. The van der Waals surface area contributed by atoms with Crippen LogP contribution in [0.3, 0.4) is 0 Å². The first-order chi connectivity index (χ1) is 24.3. The molecule has 1 radical (unpaired) electrons. The van der Waals surface area contributed by atoms with Gasteiger partial charge in [0.1, 0.15) is 0 Å². The third kappa shape index (κ3) is 6.59. The predicted molar refractivity (Wildman–Crippen MR) is 198 cm³/mol. The minimum atomic E-state index is 0. The summed E-state index contributed by atoms with van der Waals surface area (Å²) in [5, 5.41) is 38.0. The second kappa shape index (κ2) is 15.3. The Balaban J connectivity index is 0.000000293. The number of hydrogen-bond donors (Lipinski definition) is 8. The Morgan fingerprint density at radius 1 is 0.480 bits per heavy atom. The van der Waals surface area contributed by atoms with Gasteiger partial charge in [-0.25, -0.2) is 0 Å². The Bertz CT molecular complexity index is 1190. The molecule has 9 fully saturated rings. The van der Waals surface area contributed by atoms with Crippen LogP contribution in [0.1, 0.15) is 96.3 Å². The normalized spacial score (nSPS) is 47.9. The van der Waals surface area contributed by atoms with Gasteiger partial charge in [0.2, 0.25) is 0 Å². The maximum atomic E-state index is 4.25. The molecule has 5 saturated heterocycles. The molecule has 8 bridgehead atoms. The van der Waals surface area contributed by atoms with E-state index in [-0.39, 0.29) is 17.1 Å². The summed E-state index contributed by atoms with van der Waals surface area (Å²) in [7, 11) is 0. The first-order valence-corrected chi connectivity index (χ1v) is 21.3. The Kier molecular flexibility index (Phi) is 10.7. The third-order valence-corrected chi connectivity index (χ3v) is 15.7. The zero-order valence-electron chi connectivity index (χ0n) is 29.5. The SMILES string of the molecule is [CH-]1CCCC2C3NC(NC4NC(NC5NC(NC6NC(N3)C3CCCCC63)C3CCCCC53)C3CCCCC43)C12.[Cu+2].[c-]1cc2ccccc2s1. The molecule has 9 aliphatic rings. The third-order valence-electron chi connectivity index (χ3n) is 14.9. The van der Waals surface area contributed by atoms with Gasteiger partial charge in [0.05, 0.1) is 43.2 Å². The molecule has 4 saturated carbocycles. The molecule has 8 nitrogen and oxygen atoms in total. The number of benzene rings is 1. The van der Waals surface area contributed by atoms with Crippen LogP contribution in [-0.4, -0.2) is 49.3 Å². The molecule has 1 aromatic heterocycles. The van der Waals surface area contributed by atoms with Crippen molar-refractivity contribution in [3.05, 3.63) is 42.1 Å². The van der Waals surface area contributed by atoms with Gasteiger partial charge in [-0.2, -0.15) is 17.9 Å². The first kappa shape index (κ1) is 35.1. The van der Waals surface area contributed by atoms with Crippen LogP contribution in [-0.2, 0) is 17.1 Å². The van der Waals surface area contributed by atoms with Crippen LogP contribution in [0.15, 0.2) is 30.3 Å². The van der Waals surface area contributed by atoms with Crippen molar-refractivity contribution < 1.29 is 17.1 Å². The van der Waals surface area contributed by atoms with Crippen LogP contribution in [0.5, 0.6) is 0 Å². The van der Waals surface area contributed by atoms with Crippen LogP contribution in [0, 0.1) is 59.1 Å². The largest absolute Gasteiger partial charge is 2.00 e. The van der Waals surface area contributed by atoms with E-state index in [1.165, 1.54) is 106 Å². The minimum absolute atomic E-state index is 0. The fraction of sp³-hybridized carbons (Fsp3) is 0.775. The summed E-state index contributed by atoms with van der Waals surface area (Å²) in [6.07, 6.45) is 26.4. The molecule has 16 unspecified atom stereocenters. The molecule has 277 valence electrons. The molecule has 4 aliphatic carbocycles. The van der Waals surface area contributed by atoms with E-state index in [1.807, 2.05) is 18.2 Å². The quantitative estimate of drug-likeness (QED) is 0.139. The van der Waals surface area contributed by atoms with Gasteiger partial charge in [-0.1, -0.05) is 63.5 Å². The Hall–Kier alpha value is -0.621. The van der Waals surface area contributed by atoms with E-state index >= 15 is 0 Å². The summed E-state index contributed by atoms with van der Waals surface area (Å²) in [6.45, 7) is 0. The fourth-order valence-electron chi connectivity index (χ4n) is 12.6. The number of rotatable bonds is 0. The average molecular weight is 749 g/mol. The average Bonchev–Trinajstić information content (AvgIpc) is 3.97. The van der Waals surface area contributed by atoms with Crippen LogP contribution in [0.25, 0.3) is 10.1 Å². The number of nitrogens with one attached hydrogen (secondary N) is 8. The predicted octanol–water partition coefficient (Wildman–Crippen LogP) is 5.12. The standard InChI is InChI=1S/C32H55N8.C8H5S.Cu/c1-2-10-18-17(9-1)25-33-26(18)38-28-21-13-5-6-14-22(21)30(35-28)40-32-24-16-8-7-15-23(24)31(36-32)39-29-20-12-4-3-11-19(20)27(34-29)37-25;1-2-4-8-7(3-1)5-6-9-8;/h9,17-40H,1-8,10-16H2;1-5H;/q2*-1;+2. The van der Waals surface area contributed by atoms with Gasteiger partial charge in [-0.3, -0.25) is 53.9 Å². The van der Waals surface area contributed by atoms with E-state index in [1.54, 1.807) is 11.3 Å². The molecule has 0 spiro atoms. The fourth-order valence-corrected chi connectivity index (χ4v) is 13.3. The van der Waals surface area contributed by atoms with Crippen molar-refractivity contribution in [2.45, 2.75) is 146 Å². The van der Waals surface area contributed by atoms with Crippen molar-refractivity contribution in [2.24, 2.45) is 47.3 Å². The minimum Gasteiger partial charge on any atom is -0.322 e. The van der Waals surface area contributed by atoms with Crippen molar-refractivity contribution in [1.29, 1.82) is 0 Å². The zero-order chi connectivity index (χ0) is 32.3. The molecule has 0 amide bonds. The molecule has 50 heavy (non-hydrogen) atoms. The number of fused-ring (bicyclic) bond motifs is 21. The van der Waals surface area contributed by atoms with Gasteiger partial charge >= 0.3 is 17.1 Å². The molecule has 1 aromatic carbocycles. The molecule has 16 atom stereocenters. The van der Waals surface area contributed by atoms with E-state index in [4.69, 9.17) is 0 Å². The van der Waals surface area contributed by atoms with Gasteiger partial charge in [0, 0.05) is 6.17 Å². The van der Waals surface area contributed by atoms with Crippen molar-refractivity contribution >= 4 is 21.4 Å². The summed E-state index contributed by atoms with van der Waals surface area (Å²) in [5.74, 6) is 5.74. The molecule has 11 rings (SSSR count). The molecular formula is C40H60CuN8S. The number of thiophene rings is 1. The first-order valence-electron chi connectivity index (χ1n) is 20.5. The summed E-state index contributed by atoms with van der Waals surface area (Å²) < 4.78 is 1.32. The van der Waals surface area contributed by atoms with E-state index in [0.29, 0.717) is 61.2 Å². The van der Waals surface area contributed by atoms with Crippen LogP contribution >= 0.6 is 11.3 Å². The molecule has 10 heteroatoms. The van der Waals surface area contributed by atoms with Crippen molar-refractivity contribution in [3.8, 4) is 0 Å². The Morgan fingerprint density at radius 2 is 0.860 bits per heavy atom. The molecule has 2 aromatic rings. The Morgan fingerprint density at radius 3 is 1.30 bits per heavy atom. The Labute approximate surface area is 314 Å². The topological polar surface area (TPSA) is 96.2 Å². The summed E-state index contributed by atoms with van der Waals surface area (Å²) in [4.78, 5) is 0. The zero-order valence-corrected chi connectivity index (χ0v) is 31.3. The van der Waals surface area contributed by atoms with Crippen LogP contribution in [0.2, 0.25) is 0 Å². The van der Waals surface area contributed by atoms with Crippen molar-refractivity contribution in [1.82, 2.24) is 42.5 Å². The summed E-state index contributed by atoms with van der Waals surface area (Å²) in [5.41, 5.74) is 0. The maximum absolute atomic E-state index is 4.25. The van der Waals surface area contributed by atoms with Crippen molar-refractivity contribution in [2.75, 3.05) is 0 Å². The van der Waals surface area contributed by atoms with Gasteiger partial charge in [0.15, 0.2) is 0 Å². The van der Waals surface area contributed by atoms with Crippen LogP contribution < -0.4 is 42.5 Å². The summed E-state index contributed by atoms with van der Waals surface area (Å²) in [6, 6.07) is 10.3. The van der Waals surface area contributed by atoms with Gasteiger partial charge in [-0.15, -0.1) is 28.1 Å².